The minimum Gasteiger partial charge on any atom is -0.466 e. The predicted molar refractivity (Wildman–Crippen MR) is 112 cm³/mol. The van der Waals surface area contributed by atoms with Crippen LogP contribution in [0.3, 0.4) is 0 Å². The molecule has 0 spiro atoms. The Bertz CT molecular complexity index is 988. The maximum atomic E-state index is 13.6. The molecule has 0 bridgehead atoms. The number of allylic oxidation sites excluding steroid dienone is 1. The fourth-order valence-electron chi connectivity index (χ4n) is 2.32. The number of benzene rings is 2. The Morgan fingerprint density at radius 3 is 2.32 bits per heavy atom. The van der Waals surface area contributed by atoms with Crippen molar-refractivity contribution in [1.29, 1.82) is 0 Å². The SMILES string of the molecule is COC(=O)/C=C(\C)OP(=O)(N=C(N)c1ccc(Cl)cc1C)c1ccc(Cl)cc1. The third-order valence-electron chi connectivity index (χ3n) is 3.65. The van der Waals surface area contributed by atoms with Gasteiger partial charge in [0, 0.05) is 15.6 Å². The van der Waals surface area contributed by atoms with Crippen molar-refractivity contribution in [2.45, 2.75) is 13.8 Å². The van der Waals surface area contributed by atoms with Gasteiger partial charge < -0.3 is 15.0 Å². The molecule has 0 amide bonds. The standard InChI is InChI=1S/C19H19Cl2N2O4P/c1-12-10-15(21)6-9-17(12)19(22)23-28(25,16-7-4-14(20)5-8-16)27-13(2)11-18(24)26-3/h4-11H,1-3H3,(H2,22,23,25)/b13-11+. The van der Waals surface area contributed by atoms with Crippen LogP contribution in [-0.4, -0.2) is 18.9 Å². The molecule has 2 rings (SSSR count). The van der Waals surface area contributed by atoms with E-state index in [2.05, 4.69) is 9.50 Å². The van der Waals surface area contributed by atoms with Crippen molar-refractivity contribution in [3.05, 3.63) is 75.5 Å². The van der Waals surface area contributed by atoms with Gasteiger partial charge in [-0.25, -0.2) is 9.36 Å². The first-order valence-electron chi connectivity index (χ1n) is 8.09. The van der Waals surface area contributed by atoms with Crippen molar-refractivity contribution in [2.75, 3.05) is 7.11 Å². The summed E-state index contributed by atoms with van der Waals surface area (Å²) in [5.74, 6) is -0.571. The van der Waals surface area contributed by atoms with Gasteiger partial charge in [-0.15, -0.1) is 0 Å². The molecule has 0 aliphatic carbocycles. The molecule has 148 valence electrons. The van der Waals surface area contributed by atoms with Crippen LogP contribution in [0.25, 0.3) is 0 Å². The van der Waals surface area contributed by atoms with E-state index in [9.17, 15) is 9.36 Å². The summed E-state index contributed by atoms with van der Waals surface area (Å²) in [6.07, 6.45) is 1.07. The number of methoxy groups -OCH3 is 1. The fourth-order valence-corrected chi connectivity index (χ4v) is 4.29. The number of rotatable bonds is 6. The monoisotopic (exact) mass is 440 g/mol. The molecule has 0 heterocycles. The van der Waals surface area contributed by atoms with Crippen molar-refractivity contribution >= 4 is 47.8 Å². The summed E-state index contributed by atoms with van der Waals surface area (Å²) >= 11 is 11.9. The van der Waals surface area contributed by atoms with Crippen LogP contribution in [0.1, 0.15) is 18.1 Å². The number of amidine groups is 1. The molecule has 0 aromatic heterocycles. The summed E-state index contributed by atoms with van der Waals surface area (Å²) in [5, 5.41) is 1.27. The maximum absolute atomic E-state index is 13.6. The van der Waals surface area contributed by atoms with E-state index in [0.717, 1.165) is 11.6 Å². The van der Waals surface area contributed by atoms with Crippen LogP contribution < -0.4 is 11.0 Å². The van der Waals surface area contributed by atoms with Crippen LogP contribution in [0.5, 0.6) is 0 Å². The summed E-state index contributed by atoms with van der Waals surface area (Å²) < 4.78 is 27.9. The molecular formula is C19H19Cl2N2O4P. The molecule has 0 fully saturated rings. The summed E-state index contributed by atoms with van der Waals surface area (Å²) in [4.78, 5) is 11.5. The van der Waals surface area contributed by atoms with E-state index in [1.807, 2.05) is 0 Å². The van der Waals surface area contributed by atoms with Gasteiger partial charge in [0.15, 0.2) is 0 Å². The Morgan fingerprint density at radius 1 is 1.14 bits per heavy atom. The second kappa shape index (κ2) is 9.28. The Labute approximate surface area is 173 Å². The van der Waals surface area contributed by atoms with Crippen molar-refractivity contribution in [1.82, 2.24) is 0 Å². The molecule has 0 radical (unpaired) electrons. The number of hydrogen-bond acceptors (Lipinski definition) is 4. The molecule has 6 nitrogen and oxygen atoms in total. The van der Waals surface area contributed by atoms with Crippen molar-refractivity contribution in [3.8, 4) is 0 Å². The molecule has 2 N–H and O–H groups in total. The number of nitrogens with zero attached hydrogens (tertiary/aromatic N) is 1. The lowest BCUT2D eigenvalue weighted by atomic mass is 10.1. The Morgan fingerprint density at radius 2 is 1.75 bits per heavy atom. The van der Waals surface area contributed by atoms with Gasteiger partial charge in [-0.1, -0.05) is 23.2 Å². The number of aryl methyl sites for hydroxylation is 1. The molecule has 1 unspecified atom stereocenters. The van der Waals surface area contributed by atoms with Gasteiger partial charge in [-0.05, 0) is 61.9 Å². The van der Waals surface area contributed by atoms with Crippen LogP contribution in [0.2, 0.25) is 10.0 Å². The maximum Gasteiger partial charge on any atom is 0.394 e. The van der Waals surface area contributed by atoms with E-state index in [-0.39, 0.29) is 16.9 Å². The van der Waals surface area contributed by atoms with Gasteiger partial charge in [-0.3, -0.25) is 0 Å². The number of hydrogen-bond donors (Lipinski definition) is 1. The van der Waals surface area contributed by atoms with E-state index in [1.165, 1.54) is 26.2 Å². The Kier molecular flexibility index (Phi) is 7.30. The van der Waals surface area contributed by atoms with Gasteiger partial charge >= 0.3 is 13.5 Å². The van der Waals surface area contributed by atoms with Crippen LogP contribution in [0, 0.1) is 6.92 Å². The zero-order valence-corrected chi connectivity index (χ0v) is 17.9. The number of esters is 1. The van der Waals surface area contributed by atoms with E-state index in [1.54, 1.807) is 37.3 Å². The van der Waals surface area contributed by atoms with Gasteiger partial charge in [0.25, 0.3) is 0 Å². The van der Waals surface area contributed by atoms with Crippen LogP contribution in [0.15, 0.2) is 59.1 Å². The van der Waals surface area contributed by atoms with Crippen molar-refractivity contribution in [2.24, 2.45) is 10.5 Å². The number of ether oxygens (including phenoxy) is 1. The van der Waals surface area contributed by atoms with Crippen LogP contribution in [-0.2, 0) is 18.6 Å². The predicted octanol–water partition coefficient (Wildman–Crippen LogP) is 4.62. The molecule has 2 aromatic rings. The van der Waals surface area contributed by atoms with Crippen LogP contribution in [0.4, 0.5) is 0 Å². The molecule has 1 atom stereocenters. The zero-order chi connectivity index (χ0) is 20.9. The van der Waals surface area contributed by atoms with Gasteiger partial charge in [0.05, 0.1) is 18.5 Å². The summed E-state index contributed by atoms with van der Waals surface area (Å²) in [6, 6.07) is 11.2. The molecular weight excluding hydrogens is 422 g/mol. The topological polar surface area (TPSA) is 91.0 Å². The molecule has 0 saturated carbocycles. The molecule has 9 heteroatoms. The molecule has 28 heavy (non-hydrogen) atoms. The third kappa shape index (κ3) is 5.61. The minimum absolute atomic E-state index is 0.0123. The number of carbonyl (C=O) groups is 1. The summed E-state index contributed by atoms with van der Waals surface area (Å²) in [7, 11) is -2.65. The second-order valence-electron chi connectivity index (χ2n) is 5.81. The molecule has 2 aromatic carbocycles. The largest absolute Gasteiger partial charge is 0.466 e. The highest BCUT2D eigenvalue weighted by molar-refractivity contribution is 7.66. The first kappa shape index (κ1) is 22.0. The van der Waals surface area contributed by atoms with Gasteiger partial charge in [0.2, 0.25) is 0 Å². The number of carbonyl (C=O) groups excluding carboxylic acids is 1. The highest BCUT2D eigenvalue weighted by Crippen LogP contribution is 2.50. The fraction of sp³-hybridized carbons (Fsp3) is 0.158. The van der Waals surface area contributed by atoms with Gasteiger partial charge in [0.1, 0.15) is 11.6 Å². The lowest BCUT2D eigenvalue weighted by Crippen LogP contribution is -2.17. The van der Waals surface area contributed by atoms with Crippen molar-refractivity contribution in [3.63, 3.8) is 0 Å². The third-order valence-corrected chi connectivity index (χ3v) is 6.10. The first-order chi connectivity index (χ1) is 13.1. The smallest absolute Gasteiger partial charge is 0.394 e. The van der Waals surface area contributed by atoms with Crippen molar-refractivity contribution < 1.29 is 18.6 Å². The Balaban J connectivity index is 2.54. The molecule has 0 aliphatic rings. The lowest BCUT2D eigenvalue weighted by Gasteiger charge is -2.17. The molecule has 0 saturated heterocycles. The average Bonchev–Trinajstić information content (AvgIpc) is 2.61. The van der Waals surface area contributed by atoms with E-state index < -0.39 is 13.5 Å². The van der Waals surface area contributed by atoms with E-state index in [4.69, 9.17) is 33.5 Å². The highest BCUT2D eigenvalue weighted by Gasteiger charge is 2.28. The summed E-state index contributed by atoms with van der Waals surface area (Å²) in [6.45, 7) is 3.28. The molecule has 0 aliphatic heterocycles. The Hall–Kier alpha value is -2.27. The zero-order valence-electron chi connectivity index (χ0n) is 15.5. The van der Waals surface area contributed by atoms with E-state index >= 15 is 0 Å². The second-order valence-corrected chi connectivity index (χ2v) is 8.62. The van der Waals surface area contributed by atoms with E-state index in [0.29, 0.717) is 15.6 Å². The van der Waals surface area contributed by atoms with Crippen LogP contribution >= 0.6 is 30.7 Å². The minimum atomic E-state index is -3.87. The highest BCUT2D eigenvalue weighted by atomic mass is 35.5. The average molecular weight is 441 g/mol. The van der Waals surface area contributed by atoms with Gasteiger partial charge in [-0.2, -0.15) is 4.76 Å². The summed E-state index contributed by atoms with van der Waals surface area (Å²) in [5.41, 5.74) is 7.45. The quantitative estimate of drug-likeness (QED) is 0.176. The normalized spacial score (nSPS) is 14.3. The lowest BCUT2D eigenvalue weighted by molar-refractivity contribution is -0.135. The first-order valence-corrected chi connectivity index (χ1v) is 10.4. The number of nitrogens with two attached hydrogens (primary N) is 1. The number of halogens is 2.